The maximum absolute atomic E-state index is 13.3. The standard InChI is InChI=1S/C18H18FN5O/c1-24(11-15-22-23-18(25-15)13-3-4-13)16(17-20-9-2-10-21-17)12-5-7-14(19)8-6-12/h2,5-10,13,16H,3-4,11H2,1H3/t16-/m0/s1. The molecule has 1 aliphatic rings. The van der Waals surface area contributed by atoms with Gasteiger partial charge < -0.3 is 4.42 Å². The van der Waals surface area contributed by atoms with Crippen LogP contribution in [-0.4, -0.2) is 32.1 Å². The van der Waals surface area contributed by atoms with Crippen molar-refractivity contribution in [3.05, 3.63) is 71.7 Å². The van der Waals surface area contributed by atoms with Gasteiger partial charge in [-0.1, -0.05) is 12.1 Å². The highest BCUT2D eigenvalue weighted by atomic mass is 19.1. The lowest BCUT2D eigenvalue weighted by atomic mass is 10.0. The second-order valence-corrected chi connectivity index (χ2v) is 6.28. The van der Waals surface area contributed by atoms with Gasteiger partial charge in [0.15, 0.2) is 0 Å². The number of halogens is 1. The third-order valence-corrected chi connectivity index (χ3v) is 4.25. The van der Waals surface area contributed by atoms with Crippen LogP contribution in [0.4, 0.5) is 4.39 Å². The first kappa shape index (κ1) is 15.8. The largest absolute Gasteiger partial charge is 0.424 e. The molecule has 0 radical (unpaired) electrons. The van der Waals surface area contributed by atoms with Crippen molar-refractivity contribution >= 4 is 0 Å². The fraction of sp³-hybridized carbons (Fsp3) is 0.333. The number of nitrogens with zero attached hydrogens (tertiary/aromatic N) is 5. The Hall–Kier alpha value is -2.67. The first-order valence-corrected chi connectivity index (χ1v) is 8.25. The molecule has 0 saturated heterocycles. The van der Waals surface area contributed by atoms with Crippen molar-refractivity contribution in [2.24, 2.45) is 0 Å². The SMILES string of the molecule is CN(Cc1nnc(C2CC2)o1)[C@@H](c1ccc(F)cc1)c1ncccn1. The van der Waals surface area contributed by atoms with Crippen LogP contribution in [0.2, 0.25) is 0 Å². The van der Waals surface area contributed by atoms with Crippen LogP contribution in [0.3, 0.4) is 0 Å². The van der Waals surface area contributed by atoms with Gasteiger partial charge in [0, 0.05) is 18.3 Å². The van der Waals surface area contributed by atoms with Crippen molar-refractivity contribution in [3.63, 3.8) is 0 Å². The molecule has 4 rings (SSSR count). The van der Waals surface area contributed by atoms with Gasteiger partial charge in [-0.25, -0.2) is 14.4 Å². The van der Waals surface area contributed by atoms with Crippen LogP contribution >= 0.6 is 0 Å². The van der Waals surface area contributed by atoms with Crippen LogP contribution in [-0.2, 0) is 6.54 Å². The smallest absolute Gasteiger partial charge is 0.230 e. The van der Waals surface area contributed by atoms with E-state index in [-0.39, 0.29) is 11.9 Å². The zero-order valence-electron chi connectivity index (χ0n) is 13.8. The van der Waals surface area contributed by atoms with Crippen LogP contribution in [0, 0.1) is 5.82 Å². The van der Waals surface area contributed by atoms with Crippen molar-refractivity contribution in [2.75, 3.05) is 7.05 Å². The lowest BCUT2D eigenvalue weighted by molar-refractivity contribution is 0.232. The number of benzene rings is 1. The monoisotopic (exact) mass is 339 g/mol. The summed E-state index contributed by atoms with van der Waals surface area (Å²) in [5, 5.41) is 8.27. The summed E-state index contributed by atoms with van der Waals surface area (Å²) in [7, 11) is 1.94. The zero-order valence-corrected chi connectivity index (χ0v) is 13.8. The molecule has 25 heavy (non-hydrogen) atoms. The van der Waals surface area contributed by atoms with Gasteiger partial charge in [0.25, 0.3) is 0 Å². The number of hydrogen-bond donors (Lipinski definition) is 0. The molecule has 3 aromatic rings. The number of hydrogen-bond acceptors (Lipinski definition) is 6. The van der Waals surface area contributed by atoms with Crippen LogP contribution in [0.15, 0.2) is 47.1 Å². The molecular weight excluding hydrogens is 321 g/mol. The van der Waals surface area contributed by atoms with Crippen LogP contribution in [0.25, 0.3) is 0 Å². The van der Waals surface area contributed by atoms with Gasteiger partial charge in [-0.3, -0.25) is 4.90 Å². The van der Waals surface area contributed by atoms with Gasteiger partial charge in [-0.05, 0) is 43.7 Å². The Morgan fingerprint density at radius 1 is 1.16 bits per heavy atom. The summed E-state index contributed by atoms with van der Waals surface area (Å²) in [6, 6.07) is 7.91. The van der Waals surface area contributed by atoms with Crippen LogP contribution in [0.1, 0.15) is 48.0 Å². The van der Waals surface area contributed by atoms with Crippen molar-refractivity contribution in [3.8, 4) is 0 Å². The van der Waals surface area contributed by atoms with Crippen LogP contribution < -0.4 is 0 Å². The molecule has 1 aromatic carbocycles. The number of aromatic nitrogens is 4. The fourth-order valence-corrected chi connectivity index (χ4v) is 2.83. The minimum atomic E-state index is -0.273. The maximum atomic E-state index is 13.3. The average molecular weight is 339 g/mol. The van der Waals surface area contributed by atoms with E-state index in [0.29, 0.717) is 24.2 Å². The molecule has 1 atom stereocenters. The summed E-state index contributed by atoms with van der Waals surface area (Å²) in [6.45, 7) is 0.458. The quantitative estimate of drug-likeness (QED) is 0.687. The lowest BCUT2D eigenvalue weighted by Gasteiger charge is -2.26. The normalized spacial score (nSPS) is 15.5. The Morgan fingerprint density at radius 2 is 1.88 bits per heavy atom. The molecule has 0 aliphatic heterocycles. The van der Waals surface area contributed by atoms with E-state index < -0.39 is 0 Å². The topological polar surface area (TPSA) is 67.9 Å². The van der Waals surface area contributed by atoms with E-state index >= 15 is 0 Å². The van der Waals surface area contributed by atoms with Crippen molar-refractivity contribution in [2.45, 2.75) is 31.3 Å². The Kier molecular flexibility index (Phi) is 4.23. The average Bonchev–Trinajstić information content (AvgIpc) is 3.38. The minimum Gasteiger partial charge on any atom is -0.424 e. The molecule has 1 aliphatic carbocycles. The molecule has 7 heteroatoms. The zero-order chi connectivity index (χ0) is 17.2. The van der Waals surface area contributed by atoms with Crippen molar-refractivity contribution < 1.29 is 8.81 Å². The third-order valence-electron chi connectivity index (χ3n) is 4.25. The van der Waals surface area contributed by atoms with Crippen molar-refractivity contribution in [1.29, 1.82) is 0 Å². The Morgan fingerprint density at radius 3 is 2.56 bits per heavy atom. The molecular formula is C18H18FN5O. The fourth-order valence-electron chi connectivity index (χ4n) is 2.83. The summed E-state index contributed by atoms with van der Waals surface area (Å²) in [6.07, 6.45) is 5.64. The first-order valence-electron chi connectivity index (χ1n) is 8.25. The second kappa shape index (κ2) is 6.68. The summed E-state index contributed by atoms with van der Waals surface area (Å²) in [5.74, 6) is 2.07. The molecule has 2 aromatic heterocycles. The van der Waals surface area contributed by atoms with E-state index in [0.717, 1.165) is 24.3 Å². The molecule has 1 fully saturated rings. The second-order valence-electron chi connectivity index (χ2n) is 6.28. The van der Waals surface area contributed by atoms with E-state index in [1.807, 2.05) is 11.9 Å². The van der Waals surface area contributed by atoms with Gasteiger partial charge >= 0.3 is 0 Å². The van der Waals surface area contributed by atoms with Gasteiger partial charge in [0.05, 0.1) is 12.6 Å². The highest BCUT2D eigenvalue weighted by Gasteiger charge is 2.30. The first-order chi connectivity index (χ1) is 12.2. The Balaban J connectivity index is 1.60. The summed E-state index contributed by atoms with van der Waals surface area (Å²) in [5.41, 5.74) is 0.900. The molecule has 0 N–H and O–H groups in total. The highest BCUT2D eigenvalue weighted by molar-refractivity contribution is 5.25. The summed E-state index contributed by atoms with van der Waals surface area (Å²) < 4.78 is 19.1. The Labute approximate surface area is 144 Å². The molecule has 0 spiro atoms. The lowest BCUT2D eigenvalue weighted by Crippen LogP contribution is -2.27. The van der Waals surface area contributed by atoms with Crippen LogP contribution in [0.5, 0.6) is 0 Å². The summed E-state index contributed by atoms with van der Waals surface area (Å²) in [4.78, 5) is 10.8. The van der Waals surface area contributed by atoms with E-state index in [1.165, 1.54) is 12.1 Å². The highest BCUT2D eigenvalue weighted by Crippen LogP contribution is 2.39. The van der Waals surface area contributed by atoms with Gasteiger partial charge in [-0.15, -0.1) is 10.2 Å². The number of rotatable bonds is 6. The van der Waals surface area contributed by atoms with E-state index in [2.05, 4.69) is 20.2 Å². The Bertz CT molecular complexity index is 832. The van der Waals surface area contributed by atoms with E-state index in [1.54, 1.807) is 30.6 Å². The molecule has 2 heterocycles. The van der Waals surface area contributed by atoms with Gasteiger partial charge in [-0.2, -0.15) is 0 Å². The van der Waals surface area contributed by atoms with E-state index in [4.69, 9.17) is 4.42 Å². The molecule has 1 saturated carbocycles. The molecule has 128 valence electrons. The van der Waals surface area contributed by atoms with Gasteiger partial charge in [0.2, 0.25) is 11.8 Å². The maximum Gasteiger partial charge on any atom is 0.230 e. The van der Waals surface area contributed by atoms with E-state index in [9.17, 15) is 4.39 Å². The van der Waals surface area contributed by atoms with Gasteiger partial charge in [0.1, 0.15) is 11.6 Å². The predicted octanol–water partition coefficient (Wildman–Crippen LogP) is 3.10. The summed E-state index contributed by atoms with van der Waals surface area (Å²) >= 11 is 0. The molecule has 6 nitrogen and oxygen atoms in total. The molecule has 0 unspecified atom stereocenters. The minimum absolute atomic E-state index is 0.238. The molecule has 0 bridgehead atoms. The third kappa shape index (κ3) is 3.56. The molecule has 0 amide bonds. The predicted molar refractivity (Wildman–Crippen MR) is 88.0 cm³/mol. The van der Waals surface area contributed by atoms with Crippen molar-refractivity contribution in [1.82, 2.24) is 25.1 Å².